The highest BCUT2D eigenvalue weighted by Gasteiger charge is 2.25. The molecule has 2 heterocycles. The number of benzene rings is 2. The topological polar surface area (TPSA) is 72.1 Å². The Kier molecular flexibility index (Phi) is 3.46. The minimum absolute atomic E-state index is 0.339. The molecule has 0 bridgehead atoms. The molecule has 0 atom stereocenters. The molecule has 2 N–H and O–H groups in total. The van der Waals surface area contributed by atoms with Crippen molar-refractivity contribution in [3.8, 4) is 11.4 Å². The Morgan fingerprint density at radius 2 is 1.79 bits per heavy atom. The van der Waals surface area contributed by atoms with Crippen molar-refractivity contribution >= 4 is 17.4 Å². The number of para-hydroxylation sites is 1. The molecule has 118 valence electrons. The van der Waals surface area contributed by atoms with Crippen LogP contribution in [0.5, 0.6) is 0 Å². The van der Waals surface area contributed by atoms with E-state index in [4.69, 9.17) is 5.73 Å². The van der Waals surface area contributed by atoms with E-state index in [-0.39, 0.29) is 0 Å². The molecule has 0 radical (unpaired) electrons. The first-order chi connectivity index (χ1) is 11.7. The first-order valence-electron chi connectivity index (χ1n) is 7.82. The maximum Gasteiger partial charge on any atom is 0.254 e. The maximum atomic E-state index is 11.9. The van der Waals surface area contributed by atoms with Crippen LogP contribution in [0.15, 0.2) is 60.8 Å². The lowest BCUT2D eigenvalue weighted by molar-refractivity contribution is 0.1000. The third-order valence-electron chi connectivity index (χ3n) is 4.21. The van der Waals surface area contributed by atoms with Crippen molar-refractivity contribution in [1.82, 2.24) is 9.97 Å². The number of rotatable bonds is 3. The summed E-state index contributed by atoms with van der Waals surface area (Å²) in [5.41, 5.74) is 9.10. The van der Waals surface area contributed by atoms with Gasteiger partial charge in [0.1, 0.15) is 11.4 Å². The molecule has 24 heavy (non-hydrogen) atoms. The summed E-state index contributed by atoms with van der Waals surface area (Å²) in [6, 6.07) is 17.8. The highest BCUT2D eigenvalue weighted by atomic mass is 16.1. The monoisotopic (exact) mass is 316 g/mol. The van der Waals surface area contributed by atoms with E-state index >= 15 is 0 Å². The molecule has 3 aromatic rings. The molecular weight excluding hydrogens is 300 g/mol. The maximum absolute atomic E-state index is 11.9. The number of hydrogen-bond donors (Lipinski definition) is 1. The number of carbonyl (C=O) groups is 1. The number of nitrogens with zero attached hydrogens (tertiary/aromatic N) is 3. The van der Waals surface area contributed by atoms with Gasteiger partial charge in [-0.15, -0.1) is 0 Å². The number of aromatic nitrogens is 2. The van der Waals surface area contributed by atoms with Gasteiger partial charge in [-0.05, 0) is 18.1 Å². The average molecular weight is 316 g/mol. The Labute approximate surface area is 139 Å². The van der Waals surface area contributed by atoms with Crippen LogP contribution in [-0.4, -0.2) is 22.4 Å². The summed E-state index contributed by atoms with van der Waals surface area (Å²) in [5.74, 6) is 0.635. The van der Waals surface area contributed by atoms with Crippen LogP contribution in [0.3, 0.4) is 0 Å². The van der Waals surface area contributed by atoms with Gasteiger partial charge >= 0.3 is 0 Å². The summed E-state index contributed by atoms with van der Waals surface area (Å²) in [5, 5.41) is 0. The predicted octanol–water partition coefficient (Wildman–Crippen LogP) is 2.94. The molecular formula is C19H16N4O. The van der Waals surface area contributed by atoms with Gasteiger partial charge in [-0.2, -0.15) is 0 Å². The molecule has 5 nitrogen and oxygen atoms in total. The Hall–Kier alpha value is -3.21. The Bertz CT molecular complexity index is 908. The Balaban J connectivity index is 1.86. The molecule has 0 fully saturated rings. The first kappa shape index (κ1) is 14.4. The molecule has 0 spiro atoms. The fourth-order valence-corrected chi connectivity index (χ4v) is 3.04. The second-order valence-corrected chi connectivity index (χ2v) is 5.69. The second kappa shape index (κ2) is 5.77. The van der Waals surface area contributed by atoms with Crippen molar-refractivity contribution in [2.24, 2.45) is 5.73 Å². The van der Waals surface area contributed by atoms with Crippen molar-refractivity contribution in [1.29, 1.82) is 0 Å². The number of amides is 1. The zero-order valence-corrected chi connectivity index (χ0v) is 13.0. The molecule has 5 heteroatoms. The molecule has 1 amide bonds. The third-order valence-corrected chi connectivity index (χ3v) is 4.21. The van der Waals surface area contributed by atoms with E-state index in [0.717, 1.165) is 24.2 Å². The predicted molar refractivity (Wildman–Crippen MR) is 93.1 cm³/mol. The standard InChI is InChI=1S/C19H16N4O/c20-17(24)15-12-21-18(14-7-2-1-3-8-14)22-19(15)23-11-10-13-6-4-5-9-16(13)23/h1-9,12H,10-11H2,(H2,20,24). The first-order valence-corrected chi connectivity index (χ1v) is 7.82. The summed E-state index contributed by atoms with van der Waals surface area (Å²) >= 11 is 0. The van der Waals surface area contributed by atoms with Crippen LogP contribution in [0.2, 0.25) is 0 Å². The quantitative estimate of drug-likeness (QED) is 0.806. The van der Waals surface area contributed by atoms with E-state index in [1.54, 1.807) is 0 Å². The summed E-state index contributed by atoms with van der Waals surface area (Å²) in [4.78, 5) is 22.9. The van der Waals surface area contributed by atoms with Crippen LogP contribution < -0.4 is 10.6 Å². The highest BCUT2D eigenvalue weighted by molar-refractivity contribution is 5.98. The van der Waals surface area contributed by atoms with Crippen LogP contribution in [-0.2, 0) is 6.42 Å². The molecule has 1 aliphatic heterocycles. The van der Waals surface area contributed by atoms with Gasteiger partial charge in [-0.3, -0.25) is 4.79 Å². The minimum Gasteiger partial charge on any atom is -0.365 e. The fourth-order valence-electron chi connectivity index (χ4n) is 3.04. The lowest BCUT2D eigenvalue weighted by atomic mass is 10.1. The SMILES string of the molecule is NC(=O)c1cnc(-c2ccccc2)nc1N1CCc2ccccc21. The fraction of sp³-hybridized carbons (Fsp3) is 0.105. The van der Waals surface area contributed by atoms with Crippen LogP contribution in [0.1, 0.15) is 15.9 Å². The zero-order chi connectivity index (χ0) is 16.5. The van der Waals surface area contributed by atoms with E-state index in [2.05, 4.69) is 16.0 Å². The summed E-state index contributed by atoms with van der Waals surface area (Å²) in [6.45, 7) is 0.769. The number of primary amides is 1. The lowest BCUT2D eigenvalue weighted by Gasteiger charge is -2.21. The van der Waals surface area contributed by atoms with Gasteiger partial charge in [0.25, 0.3) is 5.91 Å². The highest BCUT2D eigenvalue weighted by Crippen LogP contribution is 2.35. The van der Waals surface area contributed by atoms with E-state index in [1.165, 1.54) is 11.8 Å². The van der Waals surface area contributed by atoms with E-state index < -0.39 is 5.91 Å². The number of fused-ring (bicyclic) bond motifs is 1. The summed E-state index contributed by atoms with van der Waals surface area (Å²) in [7, 11) is 0. The zero-order valence-electron chi connectivity index (χ0n) is 13.0. The van der Waals surface area contributed by atoms with E-state index in [9.17, 15) is 4.79 Å². The van der Waals surface area contributed by atoms with Crippen LogP contribution in [0.25, 0.3) is 11.4 Å². The molecule has 0 saturated carbocycles. The van der Waals surface area contributed by atoms with E-state index in [1.807, 2.05) is 53.4 Å². The van der Waals surface area contributed by atoms with Crippen LogP contribution >= 0.6 is 0 Å². The minimum atomic E-state index is -0.519. The van der Waals surface area contributed by atoms with Crippen molar-refractivity contribution in [3.63, 3.8) is 0 Å². The van der Waals surface area contributed by atoms with Gasteiger partial charge < -0.3 is 10.6 Å². The number of anilines is 2. The van der Waals surface area contributed by atoms with Gasteiger partial charge in [0, 0.05) is 24.0 Å². The third kappa shape index (κ3) is 2.40. The molecule has 2 aromatic carbocycles. The van der Waals surface area contributed by atoms with Crippen LogP contribution in [0.4, 0.5) is 11.5 Å². The molecule has 0 unspecified atom stereocenters. The van der Waals surface area contributed by atoms with Crippen LogP contribution in [0, 0.1) is 0 Å². The number of hydrogen-bond acceptors (Lipinski definition) is 4. The van der Waals surface area contributed by atoms with Gasteiger partial charge in [0.15, 0.2) is 5.82 Å². The van der Waals surface area contributed by atoms with Gasteiger partial charge in [0.05, 0.1) is 0 Å². The second-order valence-electron chi connectivity index (χ2n) is 5.69. The van der Waals surface area contributed by atoms with Gasteiger partial charge in [0.2, 0.25) is 0 Å². The van der Waals surface area contributed by atoms with Crippen molar-refractivity contribution in [3.05, 3.63) is 71.9 Å². The van der Waals surface area contributed by atoms with Gasteiger partial charge in [-0.25, -0.2) is 9.97 Å². The number of nitrogens with two attached hydrogens (primary N) is 1. The average Bonchev–Trinajstić information content (AvgIpc) is 3.06. The largest absolute Gasteiger partial charge is 0.365 e. The Morgan fingerprint density at radius 1 is 1.04 bits per heavy atom. The normalized spacial score (nSPS) is 12.9. The van der Waals surface area contributed by atoms with Gasteiger partial charge in [-0.1, -0.05) is 48.5 Å². The van der Waals surface area contributed by atoms with Crippen molar-refractivity contribution in [2.45, 2.75) is 6.42 Å². The smallest absolute Gasteiger partial charge is 0.254 e. The molecule has 0 saturated heterocycles. The molecule has 1 aromatic heterocycles. The lowest BCUT2D eigenvalue weighted by Crippen LogP contribution is -2.22. The molecule has 1 aliphatic rings. The van der Waals surface area contributed by atoms with Crippen molar-refractivity contribution < 1.29 is 4.79 Å². The molecule has 0 aliphatic carbocycles. The van der Waals surface area contributed by atoms with E-state index in [0.29, 0.717) is 17.2 Å². The molecule has 4 rings (SSSR count). The van der Waals surface area contributed by atoms with Crippen molar-refractivity contribution in [2.75, 3.05) is 11.4 Å². The Morgan fingerprint density at radius 3 is 2.58 bits per heavy atom. The number of carbonyl (C=O) groups excluding carboxylic acids is 1. The summed E-state index contributed by atoms with van der Waals surface area (Å²) < 4.78 is 0. The summed E-state index contributed by atoms with van der Waals surface area (Å²) in [6.07, 6.45) is 2.44.